The van der Waals surface area contributed by atoms with Crippen LogP contribution in [0, 0.1) is 0 Å². The molecule has 2 heterocycles. The Morgan fingerprint density at radius 1 is 1.38 bits per heavy atom. The zero-order valence-corrected chi connectivity index (χ0v) is 14.2. The van der Waals surface area contributed by atoms with Gasteiger partial charge in [-0.25, -0.2) is 0 Å². The van der Waals surface area contributed by atoms with Crippen LogP contribution < -0.4 is 0 Å². The number of ether oxygens (including phenoxy) is 1. The van der Waals surface area contributed by atoms with Gasteiger partial charge in [-0.2, -0.15) is 5.10 Å². The van der Waals surface area contributed by atoms with Gasteiger partial charge in [-0.15, -0.1) is 0 Å². The van der Waals surface area contributed by atoms with Crippen molar-refractivity contribution in [2.24, 2.45) is 0 Å². The lowest BCUT2D eigenvalue weighted by Gasteiger charge is -2.18. The lowest BCUT2D eigenvalue weighted by molar-refractivity contribution is -0.132. The molecule has 0 saturated carbocycles. The number of aromatic amines is 1. The maximum absolute atomic E-state index is 12.2. The number of hydrogen-bond acceptors (Lipinski definition) is 3. The topological polar surface area (TPSA) is 58.2 Å². The number of benzene rings is 1. The minimum atomic E-state index is 0.126. The third-order valence-electron chi connectivity index (χ3n) is 4.49. The molecule has 0 bridgehead atoms. The van der Waals surface area contributed by atoms with E-state index in [4.69, 9.17) is 4.74 Å². The van der Waals surface area contributed by atoms with E-state index >= 15 is 0 Å². The second kappa shape index (κ2) is 8.11. The fraction of sp³-hybridized carbons (Fsp3) is 0.474. The van der Waals surface area contributed by atoms with Gasteiger partial charge in [-0.3, -0.25) is 9.89 Å². The van der Waals surface area contributed by atoms with E-state index in [1.165, 1.54) is 0 Å². The van der Waals surface area contributed by atoms with E-state index in [9.17, 15) is 4.79 Å². The first-order chi connectivity index (χ1) is 11.7. The van der Waals surface area contributed by atoms with Crippen molar-refractivity contribution in [3.63, 3.8) is 0 Å². The molecule has 128 valence electrons. The van der Waals surface area contributed by atoms with E-state index in [0.717, 1.165) is 55.8 Å². The molecule has 5 heteroatoms. The van der Waals surface area contributed by atoms with Crippen molar-refractivity contribution in [1.82, 2.24) is 15.1 Å². The Kier molecular flexibility index (Phi) is 5.64. The minimum Gasteiger partial charge on any atom is -0.378 e. The fourth-order valence-electron chi connectivity index (χ4n) is 3.03. The summed E-state index contributed by atoms with van der Waals surface area (Å²) in [5.74, 6) is 0.177. The lowest BCUT2D eigenvalue weighted by atomic mass is 10.1. The lowest BCUT2D eigenvalue weighted by Crippen LogP contribution is -2.30. The molecule has 1 atom stereocenters. The Morgan fingerprint density at radius 3 is 2.96 bits per heavy atom. The van der Waals surface area contributed by atoms with Crippen LogP contribution in [0.1, 0.15) is 31.4 Å². The molecule has 1 aliphatic rings. The first kappa shape index (κ1) is 16.7. The Balaban J connectivity index is 1.43. The molecule has 24 heavy (non-hydrogen) atoms. The zero-order chi connectivity index (χ0) is 16.8. The zero-order valence-electron chi connectivity index (χ0n) is 14.2. The van der Waals surface area contributed by atoms with E-state index < -0.39 is 0 Å². The normalized spacial score (nSPS) is 17.1. The van der Waals surface area contributed by atoms with Crippen LogP contribution in [0.3, 0.4) is 0 Å². The maximum atomic E-state index is 12.2. The minimum absolute atomic E-state index is 0.126. The summed E-state index contributed by atoms with van der Waals surface area (Å²) >= 11 is 0. The number of nitrogens with one attached hydrogen (secondary N) is 1. The van der Waals surface area contributed by atoms with Crippen LogP contribution >= 0.6 is 0 Å². The maximum Gasteiger partial charge on any atom is 0.224 e. The molecule has 5 nitrogen and oxygen atoms in total. The van der Waals surface area contributed by atoms with Gasteiger partial charge in [-0.05, 0) is 31.7 Å². The molecule has 1 aromatic carbocycles. The van der Waals surface area contributed by atoms with E-state index in [1.807, 2.05) is 30.1 Å². The first-order valence-electron chi connectivity index (χ1n) is 8.67. The van der Waals surface area contributed by atoms with Crippen LogP contribution in [0.2, 0.25) is 0 Å². The second-order valence-corrected chi connectivity index (χ2v) is 6.40. The molecule has 1 aliphatic heterocycles. The molecule has 1 N–H and O–H groups in total. The summed E-state index contributed by atoms with van der Waals surface area (Å²) in [7, 11) is 1.87. The number of aromatic nitrogens is 2. The average Bonchev–Trinajstić information content (AvgIpc) is 3.27. The summed E-state index contributed by atoms with van der Waals surface area (Å²) in [6.45, 7) is 1.55. The van der Waals surface area contributed by atoms with Crippen molar-refractivity contribution in [2.75, 3.05) is 20.2 Å². The monoisotopic (exact) mass is 327 g/mol. The molecule has 1 aromatic heterocycles. The molecular weight excluding hydrogens is 302 g/mol. The molecule has 2 aromatic rings. The van der Waals surface area contributed by atoms with Crippen molar-refractivity contribution in [1.29, 1.82) is 0 Å². The van der Waals surface area contributed by atoms with E-state index in [1.54, 1.807) is 0 Å². The van der Waals surface area contributed by atoms with Crippen LogP contribution in [0.15, 0.2) is 36.4 Å². The third kappa shape index (κ3) is 4.45. The molecule has 0 aliphatic carbocycles. The van der Waals surface area contributed by atoms with Crippen LogP contribution in [0.25, 0.3) is 11.3 Å². The SMILES string of the molecule is CN(CCCc1cc(-c2ccccc2)n[nH]1)C(=O)C[C@@H]1CCCO1. The van der Waals surface area contributed by atoms with Crippen molar-refractivity contribution >= 4 is 5.91 Å². The molecule has 3 rings (SSSR count). The van der Waals surface area contributed by atoms with Crippen molar-refractivity contribution < 1.29 is 9.53 Å². The highest BCUT2D eigenvalue weighted by molar-refractivity contribution is 5.76. The van der Waals surface area contributed by atoms with Crippen LogP contribution in [0.5, 0.6) is 0 Å². The largest absolute Gasteiger partial charge is 0.378 e. The Morgan fingerprint density at radius 2 is 2.21 bits per heavy atom. The van der Waals surface area contributed by atoms with Gasteiger partial charge in [0.1, 0.15) is 0 Å². The van der Waals surface area contributed by atoms with Crippen molar-refractivity contribution in [3.05, 3.63) is 42.1 Å². The second-order valence-electron chi connectivity index (χ2n) is 6.40. The number of carbonyl (C=O) groups is 1. The molecule has 1 saturated heterocycles. The van der Waals surface area contributed by atoms with E-state index in [2.05, 4.69) is 28.4 Å². The standard InChI is InChI=1S/C19H25N3O2/c1-22(19(23)14-17-10-6-12-24-17)11-5-9-16-13-18(21-20-16)15-7-3-2-4-8-15/h2-4,7-8,13,17H,5-6,9-12,14H2,1H3,(H,20,21)/t17-/m0/s1. The van der Waals surface area contributed by atoms with E-state index in [0.29, 0.717) is 6.42 Å². The quantitative estimate of drug-likeness (QED) is 0.850. The Bertz CT molecular complexity index is 648. The number of carbonyl (C=O) groups excluding carboxylic acids is 1. The molecule has 0 radical (unpaired) electrons. The first-order valence-corrected chi connectivity index (χ1v) is 8.67. The number of rotatable bonds is 7. The van der Waals surface area contributed by atoms with Crippen LogP contribution in [-0.4, -0.2) is 47.3 Å². The van der Waals surface area contributed by atoms with Gasteiger partial charge in [0.05, 0.1) is 18.2 Å². The van der Waals surface area contributed by atoms with Crippen LogP contribution in [-0.2, 0) is 16.0 Å². The predicted octanol–water partition coefficient (Wildman–Crippen LogP) is 3.04. The summed E-state index contributed by atoms with van der Waals surface area (Å²) in [5, 5.41) is 7.46. The highest BCUT2D eigenvalue weighted by Gasteiger charge is 2.20. The van der Waals surface area contributed by atoms with Crippen molar-refractivity contribution in [2.45, 2.75) is 38.2 Å². The molecular formula is C19H25N3O2. The summed E-state index contributed by atoms with van der Waals surface area (Å²) in [6.07, 6.45) is 4.53. The summed E-state index contributed by atoms with van der Waals surface area (Å²) in [4.78, 5) is 14.0. The number of aryl methyl sites for hydroxylation is 1. The van der Waals surface area contributed by atoms with Crippen molar-refractivity contribution in [3.8, 4) is 11.3 Å². The van der Waals surface area contributed by atoms with Gasteiger partial charge in [0, 0.05) is 31.5 Å². The van der Waals surface area contributed by atoms with Crippen LogP contribution in [0.4, 0.5) is 0 Å². The Labute approximate surface area is 143 Å². The van der Waals surface area contributed by atoms with Gasteiger partial charge in [0.15, 0.2) is 0 Å². The summed E-state index contributed by atoms with van der Waals surface area (Å²) in [6, 6.07) is 12.2. The number of hydrogen-bond donors (Lipinski definition) is 1. The van der Waals surface area contributed by atoms with E-state index in [-0.39, 0.29) is 12.0 Å². The molecule has 0 spiro atoms. The summed E-state index contributed by atoms with van der Waals surface area (Å²) < 4.78 is 5.53. The van der Waals surface area contributed by atoms with Gasteiger partial charge >= 0.3 is 0 Å². The number of amides is 1. The molecule has 1 amide bonds. The molecule has 0 unspecified atom stereocenters. The third-order valence-corrected chi connectivity index (χ3v) is 4.49. The Hall–Kier alpha value is -2.14. The fourth-order valence-corrected chi connectivity index (χ4v) is 3.03. The molecule has 1 fully saturated rings. The van der Waals surface area contributed by atoms with Gasteiger partial charge in [-0.1, -0.05) is 30.3 Å². The summed E-state index contributed by atoms with van der Waals surface area (Å²) in [5.41, 5.74) is 3.19. The number of H-pyrrole nitrogens is 1. The van der Waals surface area contributed by atoms with Gasteiger partial charge in [0.25, 0.3) is 0 Å². The predicted molar refractivity (Wildman–Crippen MR) is 93.6 cm³/mol. The average molecular weight is 327 g/mol. The van der Waals surface area contributed by atoms with Gasteiger partial charge < -0.3 is 9.64 Å². The highest BCUT2D eigenvalue weighted by Crippen LogP contribution is 2.18. The highest BCUT2D eigenvalue weighted by atomic mass is 16.5. The smallest absolute Gasteiger partial charge is 0.224 e. The van der Waals surface area contributed by atoms with Gasteiger partial charge in [0.2, 0.25) is 5.91 Å². The number of nitrogens with zero attached hydrogens (tertiary/aromatic N) is 2.